The molecule has 0 spiro atoms. The summed E-state index contributed by atoms with van der Waals surface area (Å²) in [5, 5.41) is 18.5. The lowest BCUT2D eigenvalue weighted by molar-refractivity contribution is -0.157. The van der Waals surface area contributed by atoms with Crippen LogP contribution in [0.2, 0.25) is 0 Å². The molecule has 0 saturated carbocycles. The highest BCUT2D eigenvalue weighted by Gasteiger charge is 2.72. The van der Waals surface area contributed by atoms with Gasteiger partial charge in [0.25, 0.3) is 0 Å². The third-order valence-electron chi connectivity index (χ3n) is 7.24. The Hall–Kier alpha value is -4.05. The largest absolute Gasteiger partial charge is 0.480 e. The van der Waals surface area contributed by atoms with Gasteiger partial charge in [-0.05, 0) is 23.6 Å². The summed E-state index contributed by atoms with van der Waals surface area (Å²) in [7, 11) is 0. The number of amides is 3. The van der Waals surface area contributed by atoms with Crippen LogP contribution >= 0.6 is 0 Å². The number of likely N-dealkylation sites (tertiary alicyclic amines) is 1. The molecule has 2 saturated heterocycles. The lowest BCUT2D eigenvalue weighted by Crippen LogP contribution is -2.57. The van der Waals surface area contributed by atoms with Crippen molar-refractivity contribution in [1.82, 2.24) is 4.90 Å². The molecule has 4 rings (SSSR count). The second kappa shape index (κ2) is 9.19. The number of imide groups is 1. The number of primary amides is 1. The van der Waals surface area contributed by atoms with E-state index in [9.17, 15) is 24.3 Å². The number of benzene rings is 2. The van der Waals surface area contributed by atoms with Gasteiger partial charge in [0, 0.05) is 24.6 Å². The number of carboxylic acids is 1. The predicted octanol–water partition coefficient (Wildman–Crippen LogP) is 1.27. The minimum Gasteiger partial charge on any atom is -0.480 e. The number of amidine groups is 1. The molecule has 2 aromatic rings. The van der Waals surface area contributed by atoms with E-state index in [0.717, 1.165) is 4.90 Å². The van der Waals surface area contributed by atoms with Crippen molar-refractivity contribution < 1.29 is 24.3 Å². The number of carbonyl (C=O) groups is 4. The number of aliphatic carboxylic acids is 1. The molecule has 36 heavy (non-hydrogen) atoms. The Balaban J connectivity index is 1.98. The van der Waals surface area contributed by atoms with Crippen molar-refractivity contribution in [2.75, 3.05) is 11.4 Å². The van der Waals surface area contributed by atoms with Gasteiger partial charge in [-0.3, -0.25) is 24.7 Å². The van der Waals surface area contributed by atoms with E-state index >= 15 is 0 Å². The third kappa shape index (κ3) is 3.65. The maximum atomic E-state index is 14.0. The predicted molar refractivity (Wildman–Crippen MR) is 132 cm³/mol. The summed E-state index contributed by atoms with van der Waals surface area (Å²) in [6.45, 7) is 3.68. The molecule has 4 unspecified atom stereocenters. The summed E-state index contributed by atoms with van der Waals surface area (Å²) in [4.78, 5) is 55.5. The number of nitrogens with zero attached hydrogens (tertiary/aromatic N) is 2. The standard InChI is InChI=1S/C26H29N5O5/c1-14(2)21-19-20(24(34)31(23(19)33)17-6-4-3-5-7-17)26(25(35)36,30(21)13-12-18(27)32)16-10-8-15(9-11-16)22(28)29/h3-11,14,19-21H,12-13H2,1-2H3,(H2,27,32)(H3,28,29)(H,35,36). The van der Waals surface area contributed by atoms with Crippen LogP contribution in [0.1, 0.15) is 31.4 Å². The van der Waals surface area contributed by atoms with Gasteiger partial charge in [0.15, 0.2) is 5.54 Å². The van der Waals surface area contributed by atoms with Crippen LogP contribution in [0.25, 0.3) is 0 Å². The number of rotatable bonds is 8. The maximum Gasteiger partial charge on any atom is 0.329 e. The fourth-order valence-electron chi connectivity index (χ4n) is 5.87. The zero-order valence-corrected chi connectivity index (χ0v) is 20.0. The van der Waals surface area contributed by atoms with Crippen molar-refractivity contribution in [3.8, 4) is 0 Å². The molecule has 2 aliphatic heterocycles. The highest BCUT2D eigenvalue weighted by Crippen LogP contribution is 2.56. The minimum atomic E-state index is -1.94. The van der Waals surface area contributed by atoms with Crippen LogP contribution in [0.3, 0.4) is 0 Å². The average molecular weight is 492 g/mol. The number of fused-ring (bicyclic) bond motifs is 1. The number of carbonyl (C=O) groups excluding carboxylic acids is 3. The lowest BCUT2D eigenvalue weighted by Gasteiger charge is -2.42. The molecule has 0 aromatic heterocycles. The smallest absolute Gasteiger partial charge is 0.329 e. The SMILES string of the molecule is CC(C)C1C2C(=O)N(c3ccccc3)C(=O)C2C(C(=O)O)(c2ccc(C(=N)N)cc2)N1CCC(N)=O. The minimum absolute atomic E-state index is 0.0438. The molecular weight excluding hydrogens is 462 g/mol. The Morgan fingerprint density at radius 2 is 1.64 bits per heavy atom. The Bertz CT molecular complexity index is 1230. The first-order valence-electron chi connectivity index (χ1n) is 11.7. The summed E-state index contributed by atoms with van der Waals surface area (Å²) < 4.78 is 0. The average Bonchev–Trinajstić information content (AvgIpc) is 3.28. The number of nitrogens with one attached hydrogen (secondary N) is 1. The number of carboxylic acid groups (broad SMARTS) is 1. The van der Waals surface area contributed by atoms with E-state index in [0.29, 0.717) is 11.3 Å². The van der Waals surface area contributed by atoms with Crippen LogP contribution in [0.5, 0.6) is 0 Å². The number of anilines is 1. The van der Waals surface area contributed by atoms with Crippen molar-refractivity contribution >= 4 is 35.2 Å². The number of hydrogen-bond acceptors (Lipinski definition) is 6. The Kier molecular flexibility index (Phi) is 6.40. The molecule has 2 fully saturated rings. The van der Waals surface area contributed by atoms with E-state index in [1.165, 1.54) is 24.3 Å². The van der Waals surface area contributed by atoms with Crippen LogP contribution in [0, 0.1) is 23.2 Å². The Morgan fingerprint density at radius 1 is 1.03 bits per heavy atom. The number of nitrogens with two attached hydrogens (primary N) is 2. The zero-order valence-electron chi connectivity index (χ0n) is 20.0. The molecule has 4 atom stereocenters. The van der Waals surface area contributed by atoms with E-state index in [1.54, 1.807) is 35.2 Å². The first-order chi connectivity index (χ1) is 17.0. The van der Waals surface area contributed by atoms with E-state index in [4.69, 9.17) is 16.9 Å². The topological polar surface area (TPSA) is 171 Å². The van der Waals surface area contributed by atoms with Crippen LogP contribution in [0.15, 0.2) is 54.6 Å². The monoisotopic (exact) mass is 491 g/mol. The fourth-order valence-corrected chi connectivity index (χ4v) is 5.87. The summed E-state index contributed by atoms with van der Waals surface area (Å²) in [6.07, 6.45) is -0.145. The molecule has 2 aromatic carbocycles. The van der Waals surface area contributed by atoms with Gasteiger partial charge in [0.1, 0.15) is 5.84 Å². The maximum absolute atomic E-state index is 14.0. The summed E-state index contributed by atoms with van der Waals surface area (Å²) in [5.41, 5.74) is 10.1. The highest BCUT2D eigenvalue weighted by molar-refractivity contribution is 6.24. The van der Waals surface area contributed by atoms with Crippen molar-refractivity contribution in [3.05, 3.63) is 65.7 Å². The van der Waals surface area contributed by atoms with E-state index in [2.05, 4.69) is 0 Å². The van der Waals surface area contributed by atoms with Crippen LogP contribution in [-0.4, -0.2) is 52.1 Å². The van der Waals surface area contributed by atoms with Gasteiger partial charge in [0.2, 0.25) is 17.7 Å². The van der Waals surface area contributed by atoms with Gasteiger partial charge in [-0.25, -0.2) is 9.69 Å². The van der Waals surface area contributed by atoms with Gasteiger partial charge in [-0.2, -0.15) is 0 Å². The van der Waals surface area contributed by atoms with Crippen molar-refractivity contribution in [2.45, 2.75) is 31.8 Å². The van der Waals surface area contributed by atoms with Gasteiger partial charge in [-0.1, -0.05) is 56.3 Å². The summed E-state index contributed by atoms with van der Waals surface area (Å²) in [5.74, 6) is -5.62. The van der Waals surface area contributed by atoms with E-state index < -0.39 is 47.1 Å². The number of hydrogen-bond donors (Lipinski definition) is 4. The van der Waals surface area contributed by atoms with Crippen LogP contribution in [0.4, 0.5) is 5.69 Å². The molecule has 2 heterocycles. The summed E-state index contributed by atoms with van der Waals surface area (Å²) >= 11 is 0. The van der Waals surface area contributed by atoms with Gasteiger partial charge in [0.05, 0.1) is 17.5 Å². The molecule has 2 aliphatic rings. The van der Waals surface area contributed by atoms with Gasteiger partial charge in [-0.15, -0.1) is 0 Å². The molecular formula is C26H29N5O5. The van der Waals surface area contributed by atoms with E-state index in [1.807, 2.05) is 13.8 Å². The molecule has 6 N–H and O–H groups in total. The molecule has 0 aliphatic carbocycles. The molecule has 10 nitrogen and oxygen atoms in total. The molecule has 188 valence electrons. The molecule has 0 bridgehead atoms. The fraction of sp³-hybridized carbons (Fsp3) is 0.346. The van der Waals surface area contributed by atoms with Crippen molar-refractivity contribution in [2.24, 2.45) is 29.2 Å². The zero-order chi connectivity index (χ0) is 26.4. The lowest BCUT2D eigenvalue weighted by atomic mass is 9.74. The normalized spacial score (nSPS) is 25.9. The third-order valence-corrected chi connectivity index (χ3v) is 7.24. The van der Waals surface area contributed by atoms with Crippen molar-refractivity contribution in [1.29, 1.82) is 5.41 Å². The van der Waals surface area contributed by atoms with Crippen LogP contribution < -0.4 is 16.4 Å². The number of nitrogen functional groups attached to an aromatic ring is 1. The molecule has 0 radical (unpaired) electrons. The first-order valence-corrected chi connectivity index (χ1v) is 11.7. The van der Waals surface area contributed by atoms with Gasteiger partial charge < -0.3 is 16.6 Å². The molecule has 10 heteroatoms. The Morgan fingerprint density at radius 3 is 2.14 bits per heavy atom. The van der Waals surface area contributed by atoms with Crippen molar-refractivity contribution in [3.63, 3.8) is 0 Å². The highest BCUT2D eigenvalue weighted by atomic mass is 16.4. The first kappa shape index (κ1) is 25.1. The Labute approximate surface area is 208 Å². The summed E-state index contributed by atoms with van der Waals surface area (Å²) in [6, 6.07) is 13.9. The second-order valence-electron chi connectivity index (χ2n) is 9.56. The number of para-hydroxylation sites is 1. The molecule has 3 amide bonds. The van der Waals surface area contributed by atoms with Gasteiger partial charge >= 0.3 is 5.97 Å². The second-order valence-corrected chi connectivity index (χ2v) is 9.56. The quantitative estimate of drug-likeness (QED) is 0.245. The van der Waals surface area contributed by atoms with Crippen LogP contribution in [-0.2, 0) is 24.7 Å². The van der Waals surface area contributed by atoms with E-state index in [-0.39, 0.29) is 30.3 Å².